The zero-order valence-electron chi connectivity index (χ0n) is 16.6. The number of hydrogen-bond acceptors (Lipinski definition) is 4. The Bertz CT molecular complexity index is 1090. The van der Waals surface area contributed by atoms with Gasteiger partial charge >= 0.3 is 17.8 Å². The van der Waals surface area contributed by atoms with Crippen molar-refractivity contribution in [2.24, 2.45) is 0 Å². The molecule has 0 atom stereocenters. The van der Waals surface area contributed by atoms with Crippen LogP contribution in [0.1, 0.15) is 12.1 Å². The van der Waals surface area contributed by atoms with Crippen LogP contribution in [-0.4, -0.2) is 34.7 Å². The number of nitrogens with zero attached hydrogens (tertiary/aromatic N) is 1. The molecular weight excluding hydrogens is 466 g/mol. The van der Waals surface area contributed by atoms with Crippen molar-refractivity contribution >= 4 is 39.4 Å². The monoisotopic (exact) mass is 485 g/mol. The van der Waals surface area contributed by atoms with Crippen molar-refractivity contribution in [1.29, 1.82) is 0 Å². The van der Waals surface area contributed by atoms with Crippen molar-refractivity contribution in [3.63, 3.8) is 0 Å². The van der Waals surface area contributed by atoms with E-state index in [1.165, 1.54) is 4.68 Å². The highest BCUT2D eigenvalue weighted by Gasteiger charge is 2.19. The lowest BCUT2D eigenvalue weighted by Crippen LogP contribution is -2.35. The molecule has 3 aromatic rings. The maximum atomic E-state index is 12.6. The molecule has 0 aliphatic carbocycles. The number of carbonyl (C=O) groups is 3. The molecule has 0 saturated carbocycles. The lowest BCUT2D eigenvalue weighted by molar-refractivity contribution is -0.137. The fourth-order valence-electron chi connectivity index (χ4n) is 2.90. The largest absolute Gasteiger partial charge is 0.497 e. The SMILES string of the molecule is COc1ccc(-c2ccc(CCC(=O)O)n2NC(=O)C(=O)Nc2ccc(Br)cc2)cc1. The van der Waals surface area contributed by atoms with Crippen LogP contribution in [0.3, 0.4) is 0 Å². The minimum absolute atomic E-state index is 0.118. The number of aromatic nitrogens is 1. The van der Waals surface area contributed by atoms with Gasteiger partial charge in [0.2, 0.25) is 0 Å². The molecule has 0 aliphatic heterocycles. The Morgan fingerprint density at radius 1 is 0.968 bits per heavy atom. The van der Waals surface area contributed by atoms with Gasteiger partial charge in [0.1, 0.15) is 5.75 Å². The second-order valence-corrected chi connectivity index (χ2v) is 7.49. The third kappa shape index (κ3) is 5.73. The lowest BCUT2D eigenvalue weighted by atomic mass is 10.1. The fraction of sp³-hybridized carbons (Fsp3) is 0.136. The van der Waals surface area contributed by atoms with Crippen molar-refractivity contribution in [3.8, 4) is 17.0 Å². The number of ether oxygens (including phenoxy) is 1. The topological polar surface area (TPSA) is 110 Å². The van der Waals surface area contributed by atoms with Crippen molar-refractivity contribution in [2.45, 2.75) is 12.8 Å². The van der Waals surface area contributed by atoms with Crippen LogP contribution in [0.25, 0.3) is 11.3 Å². The Labute approximate surface area is 186 Å². The second-order valence-electron chi connectivity index (χ2n) is 6.57. The molecule has 0 radical (unpaired) electrons. The van der Waals surface area contributed by atoms with Gasteiger partial charge in [0.25, 0.3) is 0 Å². The normalized spacial score (nSPS) is 10.4. The summed E-state index contributed by atoms with van der Waals surface area (Å²) in [5.41, 5.74) is 4.96. The van der Waals surface area contributed by atoms with E-state index in [9.17, 15) is 14.4 Å². The van der Waals surface area contributed by atoms with E-state index < -0.39 is 17.8 Å². The predicted octanol–water partition coefficient (Wildman–Crippen LogP) is 3.65. The first kappa shape index (κ1) is 22.1. The Morgan fingerprint density at radius 3 is 2.26 bits per heavy atom. The van der Waals surface area contributed by atoms with Crippen molar-refractivity contribution in [1.82, 2.24) is 4.68 Å². The first-order valence-electron chi connectivity index (χ1n) is 9.32. The molecule has 1 heterocycles. The third-order valence-corrected chi connectivity index (χ3v) is 4.99. The standard InChI is InChI=1S/C22H20BrN3O5/c1-31-18-10-2-14(3-11-18)19-12-8-17(9-13-20(27)28)26(19)25-22(30)21(29)24-16-6-4-15(23)5-7-16/h2-8,10-12H,9,13H2,1H3,(H,24,29)(H,25,30)(H,27,28). The Kier molecular flexibility index (Phi) is 7.09. The molecule has 0 saturated heterocycles. The van der Waals surface area contributed by atoms with Crippen molar-refractivity contribution in [3.05, 3.63) is 70.8 Å². The van der Waals surface area contributed by atoms with Crippen LogP contribution in [0, 0.1) is 0 Å². The number of anilines is 1. The van der Waals surface area contributed by atoms with Crippen LogP contribution < -0.4 is 15.5 Å². The zero-order valence-corrected chi connectivity index (χ0v) is 18.2. The van der Waals surface area contributed by atoms with Crippen molar-refractivity contribution < 1.29 is 24.2 Å². The summed E-state index contributed by atoms with van der Waals surface area (Å²) < 4.78 is 7.45. The van der Waals surface area contributed by atoms with Gasteiger partial charge in [-0.05, 0) is 60.7 Å². The summed E-state index contributed by atoms with van der Waals surface area (Å²) in [7, 11) is 1.56. The molecule has 3 rings (SSSR count). The summed E-state index contributed by atoms with van der Waals surface area (Å²) in [6.45, 7) is 0. The second kappa shape index (κ2) is 9.94. The van der Waals surface area contributed by atoms with E-state index in [1.807, 2.05) is 0 Å². The van der Waals surface area contributed by atoms with E-state index in [4.69, 9.17) is 9.84 Å². The highest BCUT2D eigenvalue weighted by atomic mass is 79.9. The van der Waals surface area contributed by atoms with E-state index >= 15 is 0 Å². The highest BCUT2D eigenvalue weighted by molar-refractivity contribution is 9.10. The molecule has 3 N–H and O–H groups in total. The molecule has 8 nitrogen and oxygen atoms in total. The number of halogens is 1. The molecule has 160 valence electrons. The molecule has 0 fully saturated rings. The molecule has 2 aromatic carbocycles. The molecule has 0 spiro atoms. The Morgan fingerprint density at radius 2 is 1.65 bits per heavy atom. The van der Waals surface area contributed by atoms with Crippen molar-refractivity contribution in [2.75, 3.05) is 17.9 Å². The van der Waals surface area contributed by atoms with Crippen LogP contribution >= 0.6 is 15.9 Å². The van der Waals surface area contributed by atoms with Crippen LogP contribution in [0.4, 0.5) is 5.69 Å². The smallest absolute Gasteiger partial charge is 0.328 e. The first-order chi connectivity index (χ1) is 14.9. The molecule has 0 unspecified atom stereocenters. The third-order valence-electron chi connectivity index (χ3n) is 4.46. The fourth-order valence-corrected chi connectivity index (χ4v) is 3.17. The summed E-state index contributed by atoms with van der Waals surface area (Å²) in [4.78, 5) is 36.0. The van der Waals surface area contributed by atoms with Crippen LogP contribution in [0.2, 0.25) is 0 Å². The van der Waals surface area contributed by atoms with Crippen LogP contribution in [0.15, 0.2) is 65.1 Å². The zero-order chi connectivity index (χ0) is 22.4. The molecular formula is C22H20BrN3O5. The van der Waals surface area contributed by atoms with Gasteiger partial charge in [-0.15, -0.1) is 0 Å². The Balaban J connectivity index is 1.84. The quantitative estimate of drug-likeness (QED) is 0.442. The molecule has 0 bridgehead atoms. The average Bonchev–Trinajstić information content (AvgIpc) is 3.16. The number of benzene rings is 2. The maximum Gasteiger partial charge on any atom is 0.328 e. The van der Waals surface area contributed by atoms with Gasteiger partial charge < -0.3 is 15.2 Å². The van der Waals surface area contributed by atoms with Gasteiger partial charge in [0, 0.05) is 27.8 Å². The number of methoxy groups -OCH3 is 1. The summed E-state index contributed by atoms with van der Waals surface area (Å²) >= 11 is 3.31. The number of aliphatic carboxylic acids is 1. The number of rotatable bonds is 7. The number of carbonyl (C=O) groups excluding carboxylic acids is 2. The van der Waals surface area contributed by atoms with Gasteiger partial charge in [0.05, 0.1) is 19.2 Å². The van der Waals surface area contributed by atoms with E-state index in [0.29, 0.717) is 22.8 Å². The van der Waals surface area contributed by atoms with E-state index in [-0.39, 0.29) is 12.8 Å². The minimum atomic E-state index is -0.960. The molecule has 2 amide bonds. The van der Waals surface area contributed by atoms with Crippen LogP contribution in [0.5, 0.6) is 5.75 Å². The van der Waals surface area contributed by atoms with Gasteiger partial charge in [-0.2, -0.15) is 0 Å². The average molecular weight is 486 g/mol. The Hall–Kier alpha value is -3.59. The van der Waals surface area contributed by atoms with Crippen LogP contribution in [-0.2, 0) is 20.8 Å². The number of amides is 2. The maximum absolute atomic E-state index is 12.6. The van der Waals surface area contributed by atoms with E-state index in [1.54, 1.807) is 67.8 Å². The highest BCUT2D eigenvalue weighted by Crippen LogP contribution is 2.25. The van der Waals surface area contributed by atoms with E-state index in [0.717, 1.165) is 10.0 Å². The molecule has 1 aromatic heterocycles. The number of carboxylic acids is 1. The van der Waals surface area contributed by atoms with E-state index in [2.05, 4.69) is 26.7 Å². The molecule has 0 aliphatic rings. The molecule has 31 heavy (non-hydrogen) atoms. The number of aryl methyl sites for hydroxylation is 1. The molecule has 9 heteroatoms. The summed E-state index contributed by atoms with van der Waals surface area (Å²) in [6, 6.07) is 17.4. The number of hydrogen-bond donors (Lipinski definition) is 3. The summed E-state index contributed by atoms with van der Waals surface area (Å²) in [5, 5.41) is 11.6. The number of nitrogens with one attached hydrogen (secondary N) is 2. The number of carboxylic acid groups (broad SMARTS) is 1. The first-order valence-corrected chi connectivity index (χ1v) is 10.1. The minimum Gasteiger partial charge on any atom is -0.497 e. The van der Waals surface area contributed by atoms with Gasteiger partial charge in [-0.1, -0.05) is 15.9 Å². The predicted molar refractivity (Wildman–Crippen MR) is 120 cm³/mol. The summed E-state index contributed by atoms with van der Waals surface area (Å²) in [5.74, 6) is -2.02. The van der Waals surface area contributed by atoms with Gasteiger partial charge in [-0.25, -0.2) is 0 Å². The van der Waals surface area contributed by atoms with Gasteiger partial charge in [-0.3, -0.25) is 24.5 Å². The summed E-state index contributed by atoms with van der Waals surface area (Å²) in [6.07, 6.45) is 0.0626. The lowest BCUT2D eigenvalue weighted by Gasteiger charge is -2.15. The van der Waals surface area contributed by atoms with Gasteiger partial charge in [0.15, 0.2) is 0 Å².